The Morgan fingerprint density at radius 1 is 1.22 bits per heavy atom. The average Bonchev–Trinajstić information content (AvgIpc) is 2.65. The number of carbonyl (C=O) groups is 2. The molecule has 0 aliphatic carbocycles. The first-order valence-corrected chi connectivity index (χ1v) is 9.51. The molecule has 0 aromatic carbocycles. The number of rotatable bonds is 2. The predicted molar refractivity (Wildman–Crippen MR) is 101 cm³/mol. The van der Waals surface area contributed by atoms with E-state index in [1.807, 2.05) is 31.9 Å². The Morgan fingerprint density at radius 3 is 2.56 bits per heavy atom. The molecule has 1 fully saturated rings. The van der Waals surface area contributed by atoms with E-state index in [4.69, 9.17) is 9.72 Å². The Kier molecular flexibility index (Phi) is 5.48. The van der Waals surface area contributed by atoms with Gasteiger partial charge in [0.05, 0.1) is 12.2 Å². The van der Waals surface area contributed by atoms with Gasteiger partial charge in [0.25, 0.3) is 0 Å². The predicted octanol–water partition coefficient (Wildman–Crippen LogP) is 2.66. The third kappa shape index (κ3) is 4.64. The first-order chi connectivity index (χ1) is 12.8. The van der Waals surface area contributed by atoms with Crippen LogP contribution in [-0.2, 0) is 22.5 Å². The molecule has 7 nitrogen and oxygen atoms in total. The van der Waals surface area contributed by atoms with E-state index in [9.17, 15) is 9.59 Å². The van der Waals surface area contributed by atoms with Gasteiger partial charge < -0.3 is 14.5 Å². The van der Waals surface area contributed by atoms with Gasteiger partial charge in [-0.05, 0) is 39.7 Å². The second kappa shape index (κ2) is 7.66. The number of aromatic nitrogens is 2. The maximum atomic E-state index is 12.3. The summed E-state index contributed by atoms with van der Waals surface area (Å²) in [6, 6.07) is 0. The molecule has 1 aromatic rings. The molecular formula is C20H28N4O3. The van der Waals surface area contributed by atoms with Crippen LogP contribution in [0.3, 0.4) is 0 Å². The van der Waals surface area contributed by atoms with Crippen LogP contribution in [0, 0.1) is 0 Å². The van der Waals surface area contributed by atoms with E-state index in [0.29, 0.717) is 32.6 Å². The van der Waals surface area contributed by atoms with Crippen molar-refractivity contribution in [3.8, 4) is 0 Å². The van der Waals surface area contributed by atoms with Gasteiger partial charge in [0.1, 0.15) is 11.4 Å². The van der Waals surface area contributed by atoms with Crippen LogP contribution in [0.25, 0.3) is 0 Å². The van der Waals surface area contributed by atoms with E-state index in [1.165, 1.54) is 6.08 Å². The average molecular weight is 372 g/mol. The zero-order valence-electron chi connectivity index (χ0n) is 16.4. The third-order valence-electron chi connectivity index (χ3n) is 4.95. The standard InChI is InChI=1S/C20H28N4O3/c1-5-17(25)23-9-6-14(7-10-23)18-21-12-15-13-24(11-8-16(15)22-18)19(26)27-20(2,3)4/h5,12,14H,1,6-11,13H2,2-4H3. The minimum absolute atomic E-state index is 0.0120. The second-order valence-electron chi connectivity index (χ2n) is 8.16. The lowest BCUT2D eigenvalue weighted by molar-refractivity contribution is -0.127. The molecule has 27 heavy (non-hydrogen) atoms. The van der Waals surface area contributed by atoms with Crippen molar-refractivity contribution >= 4 is 12.0 Å². The smallest absolute Gasteiger partial charge is 0.410 e. The van der Waals surface area contributed by atoms with Crippen LogP contribution in [0.5, 0.6) is 0 Å². The first-order valence-electron chi connectivity index (χ1n) is 9.51. The number of ether oxygens (including phenoxy) is 1. The normalized spacial score (nSPS) is 18.0. The van der Waals surface area contributed by atoms with Gasteiger partial charge >= 0.3 is 6.09 Å². The Hall–Kier alpha value is -2.44. The van der Waals surface area contributed by atoms with Crippen LogP contribution < -0.4 is 0 Å². The summed E-state index contributed by atoms with van der Waals surface area (Å²) in [5.41, 5.74) is 1.50. The fourth-order valence-electron chi connectivity index (χ4n) is 3.50. The van der Waals surface area contributed by atoms with Gasteiger partial charge in [-0.15, -0.1) is 0 Å². The van der Waals surface area contributed by atoms with Crippen molar-refractivity contribution in [1.82, 2.24) is 19.8 Å². The highest BCUT2D eigenvalue weighted by molar-refractivity contribution is 5.87. The highest BCUT2D eigenvalue weighted by Crippen LogP contribution is 2.27. The molecule has 0 spiro atoms. The number of hydrogen-bond donors (Lipinski definition) is 0. The summed E-state index contributed by atoms with van der Waals surface area (Å²) in [6.07, 6.45) is 5.35. The molecule has 0 atom stereocenters. The number of hydrogen-bond acceptors (Lipinski definition) is 5. The highest BCUT2D eigenvalue weighted by atomic mass is 16.6. The Labute approximate surface area is 160 Å². The van der Waals surface area contributed by atoms with Gasteiger partial charge in [-0.1, -0.05) is 6.58 Å². The van der Waals surface area contributed by atoms with Crippen molar-refractivity contribution in [1.29, 1.82) is 0 Å². The summed E-state index contributed by atoms with van der Waals surface area (Å²) in [6.45, 7) is 11.7. The maximum absolute atomic E-state index is 12.3. The topological polar surface area (TPSA) is 75.6 Å². The van der Waals surface area contributed by atoms with E-state index in [-0.39, 0.29) is 17.9 Å². The zero-order valence-corrected chi connectivity index (χ0v) is 16.4. The quantitative estimate of drug-likeness (QED) is 0.746. The molecule has 146 valence electrons. The summed E-state index contributed by atoms with van der Waals surface area (Å²) in [5, 5.41) is 0. The molecule has 7 heteroatoms. The number of piperidine rings is 1. The zero-order chi connectivity index (χ0) is 19.6. The van der Waals surface area contributed by atoms with Crippen molar-refractivity contribution in [2.45, 2.75) is 58.1 Å². The summed E-state index contributed by atoms with van der Waals surface area (Å²) < 4.78 is 5.46. The maximum Gasteiger partial charge on any atom is 0.410 e. The number of carbonyl (C=O) groups excluding carboxylic acids is 2. The van der Waals surface area contributed by atoms with Crippen molar-refractivity contribution < 1.29 is 14.3 Å². The highest BCUT2D eigenvalue weighted by Gasteiger charge is 2.29. The Morgan fingerprint density at radius 2 is 1.93 bits per heavy atom. The van der Waals surface area contributed by atoms with Gasteiger partial charge in [-0.3, -0.25) is 4.79 Å². The molecule has 1 saturated heterocycles. The molecule has 1 aromatic heterocycles. The number of likely N-dealkylation sites (tertiary alicyclic amines) is 1. The molecule has 0 unspecified atom stereocenters. The summed E-state index contributed by atoms with van der Waals surface area (Å²) in [4.78, 5) is 36.8. The molecule has 0 radical (unpaired) electrons. The number of amides is 2. The lowest BCUT2D eigenvalue weighted by Gasteiger charge is -2.32. The van der Waals surface area contributed by atoms with E-state index in [1.54, 1.807) is 4.90 Å². The second-order valence-corrected chi connectivity index (χ2v) is 8.16. The SMILES string of the molecule is C=CC(=O)N1CCC(c2ncc3c(n2)CCN(C(=O)OC(C)(C)C)C3)CC1. The van der Waals surface area contributed by atoms with Gasteiger partial charge in [0.2, 0.25) is 5.91 Å². The van der Waals surface area contributed by atoms with Crippen LogP contribution >= 0.6 is 0 Å². The van der Waals surface area contributed by atoms with Crippen LogP contribution in [0.2, 0.25) is 0 Å². The van der Waals surface area contributed by atoms with E-state index < -0.39 is 5.60 Å². The van der Waals surface area contributed by atoms with Crippen LogP contribution in [0.15, 0.2) is 18.9 Å². The fourth-order valence-corrected chi connectivity index (χ4v) is 3.50. The van der Waals surface area contributed by atoms with Crippen molar-refractivity contribution in [3.05, 3.63) is 35.9 Å². The fraction of sp³-hybridized carbons (Fsp3) is 0.600. The molecule has 3 rings (SSSR count). The molecule has 2 aliphatic rings. The summed E-state index contributed by atoms with van der Waals surface area (Å²) in [5.74, 6) is 1.11. The van der Waals surface area contributed by atoms with Crippen molar-refractivity contribution in [2.24, 2.45) is 0 Å². The Bertz CT molecular complexity index is 733. The Balaban J connectivity index is 1.63. The van der Waals surface area contributed by atoms with Gasteiger partial charge in [-0.25, -0.2) is 14.8 Å². The van der Waals surface area contributed by atoms with E-state index in [2.05, 4.69) is 11.6 Å². The number of fused-ring (bicyclic) bond motifs is 1. The van der Waals surface area contributed by atoms with E-state index in [0.717, 1.165) is 29.9 Å². The monoisotopic (exact) mass is 372 g/mol. The largest absolute Gasteiger partial charge is 0.444 e. The minimum atomic E-state index is -0.500. The summed E-state index contributed by atoms with van der Waals surface area (Å²) in [7, 11) is 0. The van der Waals surface area contributed by atoms with Crippen LogP contribution in [0.1, 0.15) is 56.6 Å². The van der Waals surface area contributed by atoms with Crippen molar-refractivity contribution in [2.75, 3.05) is 19.6 Å². The van der Waals surface area contributed by atoms with Gasteiger partial charge in [-0.2, -0.15) is 0 Å². The molecule has 2 amide bonds. The van der Waals surface area contributed by atoms with Gasteiger partial charge in [0, 0.05) is 43.7 Å². The molecule has 0 N–H and O–H groups in total. The van der Waals surface area contributed by atoms with Gasteiger partial charge in [0.15, 0.2) is 0 Å². The minimum Gasteiger partial charge on any atom is -0.444 e. The lowest BCUT2D eigenvalue weighted by Crippen LogP contribution is -2.40. The molecular weight excluding hydrogens is 344 g/mol. The van der Waals surface area contributed by atoms with Crippen LogP contribution in [0.4, 0.5) is 4.79 Å². The molecule has 0 saturated carbocycles. The first kappa shape index (κ1) is 19.3. The van der Waals surface area contributed by atoms with Crippen molar-refractivity contribution in [3.63, 3.8) is 0 Å². The van der Waals surface area contributed by atoms with Crippen LogP contribution in [-0.4, -0.2) is 57.0 Å². The number of nitrogens with zero attached hydrogens (tertiary/aromatic N) is 4. The third-order valence-corrected chi connectivity index (χ3v) is 4.95. The van der Waals surface area contributed by atoms with E-state index >= 15 is 0 Å². The molecule has 3 heterocycles. The lowest BCUT2D eigenvalue weighted by atomic mass is 9.95. The summed E-state index contributed by atoms with van der Waals surface area (Å²) >= 11 is 0. The molecule has 2 aliphatic heterocycles. The molecule has 0 bridgehead atoms.